The molecule has 0 saturated heterocycles. The molecule has 4 heteroatoms. The Labute approximate surface area is 77.2 Å². The molecule has 1 heterocycles. The Morgan fingerprint density at radius 2 is 2.31 bits per heavy atom. The van der Waals surface area contributed by atoms with Crippen molar-refractivity contribution in [3.63, 3.8) is 0 Å². The van der Waals surface area contributed by atoms with Crippen LogP contribution in [0.5, 0.6) is 0 Å². The summed E-state index contributed by atoms with van der Waals surface area (Å²) in [6.45, 7) is 3.81. The average molecular weight is 179 g/mol. The topological polar surface area (TPSA) is 68.0 Å². The summed E-state index contributed by atoms with van der Waals surface area (Å²) in [4.78, 5) is 15.2. The minimum absolute atomic E-state index is 0.121. The Kier molecular flexibility index (Phi) is 2.84. The molecule has 1 amide bonds. The number of nitrogens with zero attached hydrogens (tertiary/aromatic N) is 1. The quantitative estimate of drug-likeness (QED) is 0.705. The molecule has 70 valence electrons. The number of carbonyl (C=O) groups excluding carboxylic acids is 1. The molecule has 0 aromatic carbocycles. The van der Waals surface area contributed by atoms with Crippen molar-refractivity contribution in [3.05, 3.63) is 23.9 Å². The number of amides is 1. The standard InChI is InChI=1S/C9H13N3O/c1-6(2)12-9(13)7-3-4-11-8(10)5-7/h3-6H,1-2H3,(H2,10,11)(H,12,13). The van der Waals surface area contributed by atoms with Gasteiger partial charge in [-0.1, -0.05) is 0 Å². The highest BCUT2D eigenvalue weighted by Gasteiger charge is 2.06. The van der Waals surface area contributed by atoms with E-state index in [1.165, 1.54) is 6.20 Å². The van der Waals surface area contributed by atoms with E-state index in [1.54, 1.807) is 12.1 Å². The van der Waals surface area contributed by atoms with Crippen LogP contribution in [0.4, 0.5) is 5.82 Å². The normalized spacial score (nSPS) is 10.1. The first-order chi connectivity index (χ1) is 6.09. The summed E-state index contributed by atoms with van der Waals surface area (Å²) in [5.74, 6) is 0.237. The fourth-order valence-corrected chi connectivity index (χ4v) is 0.935. The molecule has 0 unspecified atom stereocenters. The average Bonchev–Trinajstić information content (AvgIpc) is 2.03. The molecular formula is C9H13N3O. The minimum Gasteiger partial charge on any atom is -0.384 e. The Morgan fingerprint density at radius 3 is 2.85 bits per heavy atom. The highest BCUT2D eigenvalue weighted by molar-refractivity contribution is 5.94. The van der Waals surface area contributed by atoms with E-state index in [9.17, 15) is 4.79 Å². The van der Waals surface area contributed by atoms with Crippen molar-refractivity contribution in [1.29, 1.82) is 0 Å². The molecule has 0 radical (unpaired) electrons. The Hall–Kier alpha value is -1.58. The summed E-state index contributed by atoms with van der Waals surface area (Å²) >= 11 is 0. The van der Waals surface area contributed by atoms with Crippen LogP contribution in [0.2, 0.25) is 0 Å². The molecule has 0 fully saturated rings. The van der Waals surface area contributed by atoms with Crippen LogP contribution < -0.4 is 11.1 Å². The number of pyridine rings is 1. The van der Waals surface area contributed by atoms with Gasteiger partial charge in [0.1, 0.15) is 5.82 Å². The second-order valence-corrected chi connectivity index (χ2v) is 3.10. The van der Waals surface area contributed by atoms with E-state index >= 15 is 0 Å². The summed E-state index contributed by atoms with van der Waals surface area (Å²) in [5.41, 5.74) is 5.98. The van der Waals surface area contributed by atoms with Crippen molar-refractivity contribution in [2.24, 2.45) is 0 Å². The van der Waals surface area contributed by atoms with Gasteiger partial charge in [-0.15, -0.1) is 0 Å². The van der Waals surface area contributed by atoms with Gasteiger partial charge >= 0.3 is 0 Å². The summed E-state index contributed by atoms with van der Waals surface area (Å²) < 4.78 is 0. The van der Waals surface area contributed by atoms with Crippen molar-refractivity contribution < 1.29 is 4.79 Å². The third-order valence-corrected chi connectivity index (χ3v) is 1.46. The molecule has 0 spiro atoms. The van der Waals surface area contributed by atoms with Crippen molar-refractivity contribution in [3.8, 4) is 0 Å². The second kappa shape index (κ2) is 3.89. The van der Waals surface area contributed by atoms with Crippen LogP contribution in [-0.4, -0.2) is 16.9 Å². The van der Waals surface area contributed by atoms with E-state index in [1.807, 2.05) is 13.8 Å². The predicted molar refractivity (Wildman–Crippen MR) is 51.3 cm³/mol. The number of nitrogen functional groups attached to an aromatic ring is 1. The third-order valence-electron chi connectivity index (χ3n) is 1.46. The Bertz CT molecular complexity index is 309. The molecule has 0 bridgehead atoms. The van der Waals surface area contributed by atoms with Gasteiger partial charge in [-0.05, 0) is 26.0 Å². The minimum atomic E-state index is -0.121. The van der Waals surface area contributed by atoms with E-state index in [4.69, 9.17) is 5.73 Å². The maximum absolute atomic E-state index is 11.4. The molecule has 0 saturated carbocycles. The molecule has 4 nitrogen and oxygen atoms in total. The predicted octanol–water partition coefficient (Wildman–Crippen LogP) is 0.802. The van der Waals surface area contributed by atoms with Gasteiger partial charge in [0.05, 0.1) is 0 Å². The van der Waals surface area contributed by atoms with E-state index in [2.05, 4.69) is 10.3 Å². The summed E-state index contributed by atoms with van der Waals surface area (Å²) in [6.07, 6.45) is 1.52. The van der Waals surface area contributed by atoms with Crippen LogP contribution in [0, 0.1) is 0 Å². The maximum atomic E-state index is 11.4. The van der Waals surface area contributed by atoms with Crippen LogP contribution in [-0.2, 0) is 0 Å². The van der Waals surface area contributed by atoms with Gasteiger partial charge in [0.15, 0.2) is 0 Å². The number of nitrogens with one attached hydrogen (secondary N) is 1. The first-order valence-electron chi connectivity index (χ1n) is 4.12. The number of carbonyl (C=O) groups is 1. The van der Waals surface area contributed by atoms with Gasteiger partial charge in [-0.3, -0.25) is 4.79 Å². The zero-order valence-electron chi connectivity index (χ0n) is 7.74. The fourth-order valence-electron chi connectivity index (χ4n) is 0.935. The molecule has 3 N–H and O–H groups in total. The van der Waals surface area contributed by atoms with Gasteiger partial charge in [-0.2, -0.15) is 0 Å². The highest BCUT2D eigenvalue weighted by Crippen LogP contribution is 2.02. The lowest BCUT2D eigenvalue weighted by molar-refractivity contribution is 0.0943. The molecular weight excluding hydrogens is 166 g/mol. The zero-order chi connectivity index (χ0) is 9.84. The second-order valence-electron chi connectivity index (χ2n) is 3.10. The van der Waals surface area contributed by atoms with Crippen molar-refractivity contribution in [2.75, 3.05) is 5.73 Å². The summed E-state index contributed by atoms with van der Waals surface area (Å²) in [7, 11) is 0. The van der Waals surface area contributed by atoms with Crippen LogP contribution in [0.25, 0.3) is 0 Å². The molecule has 0 aliphatic carbocycles. The van der Waals surface area contributed by atoms with Gasteiger partial charge < -0.3 is 11.1 Å². The number of hydrogen-bond donors (Lipinski definition) is 2. The van der Waals surface area contributed by atoms with E-state index < -0.39 is 0 Å². The number of aromatic nitrogens is 1. The molecule has 1 rings (SSSR count). The van der Waals surface area contributed by atoms with Crippen LogP contribution in [0.3, 0.4) is 0 Å². The lowest BCUT2D eigenvalue weighted by atomic mass is 10.2. The summed E-state index contributed by atoms with van der Waals surface area (Å²) in [5, 5.41) is 2.76. The largest absolute Gasteiger partial charge is 0.384 e. The van der Waals surface area contributed by atoms with Gasteiger partial charge in [0.2, 0.25) is 0 Å². The van der Waals surface area contributed by atoms with Gasteiger partial charge in [0.25, 0.3) is 5.91 Å². The molecule has 1 aromatic rings. The van der Waals surface area contributed by atoms with E-state index in [0.717, 1.165) is 0 Å². The summed E-state index contributed by atoms with van der Waals surface area (Å²) in [6, 6.07) is 3.31. The lowest BCUT2D eigenvalue weighted by Gasteiger charge is -2.07. The van der Waals surface area contributed by atoms with Gasteiger partial charge in [0, 0.05) is 17.8 Å². The SMILES string of the molecule is CC(C)NC(=O)c1ccnc(N)c1. The first-order valence-corrected chi connectivity index (χ1v) is 4.12. The molecule has 13 heavy (non-hydrogen) atoms. The Balaban J connectivity index is 2.77. The highest BCUT2D eigenvalue weighted by atomic mass is 16.1. The van der Waals surface area contributed by atoms with Crippen LogP contribution in [0.1, 0.15) is 24.2 Å². The number of hydrogen-bond acceptors (Lipinski definition) is 3. The van der Waals surface area contributed by atoms with Gasteiger partial charge in [-0.25, -0.2) is 4.98 Å². The number of rotatable bonds is 2. The zero-order valence-corrected chi connectivity index (χ0v) is 7.74. The smallest absolute Gasteiger partial charge is 0.251 e. The molecule has 0 aliphatic heterocycles. The first kappa shape index (κ1) is 9.51. The van der Waals surface area contributed by atoms with Crippen molar-refractivity contribution >= 4 is 11.7 Å². The lowest BCUT2D eigenvalue weighted by Crippen LogP contribution is -2.30. The fraction of sp³-hybridized carbons (Fsp3) is 0.333. The Morgan fingerprint density at radius 1 is 1.62 bits per heavy atom. The maximum Gasteiger partial charge on any atom is 0.251 e. The third kappa shape index (κ3) is 2.74. The van der Waals surface area contributed by atoms with Crippen LogP contribution >= 0.6 is 0 Å². The number of nitrogens with two attached hydrogens (primary N) is 1. The molecule has 1 aromatic heterocycles. The monoisotopic (exact) mass is 179 g/mol. The van der Waals surface area contributed by atoms with Crippen molar-refractivity contribution in [2.45, 2.75) is 19.9 Å². The van der Waals surface area contributed by atoms with Crippen molar-refractivity contribution in [1.82, 2.24) is 10.3 Å². The molecule has 0 aliphatic rings. The number of anilines is 1. The van der Waals surface area contributed by atoms with E-state index in [0.29, 0.717) is 11.4 Å². The van der Waals surface area contributed by atoms with Crippen LogP contribution in [0.15, 0.2) is 18.3 Å². The molecule has 0 atom stereocenters. The van der Waals surface area contributed by atoms with E-state index in [-0.39, 0.29) is 11.9 Å².